The highest BCUT2D eigenvalue weighted by Crippen LogP contribution is 2.34. The molecule has 1 saturated heterocycles. The molecule has 0 saturated carbocycles. The summed E-state index contributed by atoms with van der Waals surface area (Å²) in [5.74, 6) is -0.0405. The topological polar surface area (TPSA) is 88.4 Å². The van der Waals surface area contributed by atoms with Gasteiger partial charge in [-0.15, -0.1) is 10.2 Å². The number of hydrogen-bond acceptors (Lipinski definition) is 6. The van der Waals surface area contributed by atoms with Gasteiger partial charge in [-0.25, -0.2) is 15.0 Å². The van der Waals surface area contributed by atoms with E-state index in [1.807, 2.05) is 23.3 Å². The summed E-state index contributed by atoms with van der Waals surface area (Å²) in [5.41, 5.74) is 0.425. The van der Waals surface area contributed by atoms with E-state index in [2.05, 4.69) is 30.1 Å². The summed E-state index contributed by atoms with van der Waals surface area (Å²) < 4.78 is 41.6. The van der Waals surface area contributed by atoms with E-state index in [-0.39, 0.29) is 23.4 Å². The third kappa shape index (κ3) is 3.21. The fourth-order valence-electron chi connectivity index (χ4n) is 3.50. The molecule has 27 heavy (non-hydrogen) atoms. The number of halogens is 3. The van der Waals surface area contributed by atoms with Crippen molar-refractivity contribution in [3.63, 3.8) is 0 Å². The quantitative estimate of drug-likeness (QED) is 0.752. The number of anilines is 1. The molecule has 3 aromatic rings. The van der Waals surface area contributed by atoms with Gasteiger partial charge < -0.3 is 14.5 Å². The molecule has 0 aromatic carbocycles. The molecule has 3 aromatic heterocycles. The van der Waals surface area contributed by atoms with Crippen LogP contribution in [0.4, 0.5) is 19.0 Å². The molecule has 11 heteroatoms. The van der Waals surface area contributed by atoms with Gasteiger partial charge in [-0.2, -0.15) is 13.2 Å². The minimum Gasteiger partial charge on any atom is -0.354 e. The summed E-state index contributed by atoms with van der Waals surface area (Å²) in [6.07, 6.45) is 0.106. The van der Waals surface area contributed by atoms with Gasteiger partial charge in [-0.3, -0.25) is 0 Å². The maximum absolute atomic E-state index is 13.2. The highest BCUT2D eigenvalue weighted by Gasteiger charge is 2.37. The third-order valence-corrected chi connectivity index (χ3v) is 4.76. The second kappa shape index (κ2) is 6.46. The number of nitrogens with one attached hydrogen (secondary N) is 1. The van der Waals surface area contributed by atoms with Gasteiger partial charge in [0, 0.05) is 25.0 Å². The number of fused-ring (bicyclic) bond motifs is 1. The second-order valence-electron chi connectivity index (χ2n) is 6.95. The van der Waals surface area contributed by atoms with Crippen LogP contribution in [0.25, 0.3) is 11.2 Å². The first-order valence-electron chi connectivity index (χ1n) is 8.77. The minimum atomic E-state index is -4.63. The number of hydrogen-bond donors (Lipinski definition) is 1. The summed E-state index contributed by atoms with van der Waals surface area (Å²) in [6.45, 7) is 5.20. The second-order valence-corrected chi connectivity index (χ2v) is 6.95. The lowest BCUT2D eigenvalue weighted by atomic mass is 9.97. The lowest BCUT2D eigenvalue weighted by Crippen LogP contribution is -2.36. The van der Waals surface area contributed by atoms with Crippen LogP contribution in [0.3, 0.4) is 0 Å². The number of H-pyrrole nitrogens is 1. The van der Waals surface area contributed by atoms with Crippen molar-refractivity contribution in [3.8, 4) is 0 Å². The minimum absolute atomic E-state index is 0.0137. The van der Waals surface area contributed by atoms with E-state index in [1.165, 1.54) is 6.33 Å². The first-order valence-corrected chi connectivity index (χ1v) is 8.77. The Balaban J connectivity index is 1.71. The Kier molecular flexibility index (Phi) is 4.23. The van der Waals surface area contributed by atoms with Gasteiger partial charge in [-0.05, 0) is 26.7 Å². The van der Waals surface area contributed by atoms with Crippen LogP contribution in [0.5, 0.6) is 0 Å². The van der Waals surface area contributed by atoms with E-state index in [9.17, 15) is 13.2 Å². The molecular formula is C16H19F3N8. The third-order valence-electron chi connectivity index (χ3n) is 4.76. The van der Waals surface area contributed by atoms with Crippen LogP contribution < -0.4 is 4.90 Å². The molecule has 1 atom stereocenters. The molecule has 1 unspecified atom stereocenters. The van der Waals surface area contributed by atoms with Gasteiger partial charge in [0.2, 0.25) is 5.82 Å². The fourth-order valence-corrected chi connectivity index (χ4v) is 3.50. The maximum Gasteiger partial charge on any atom is 0.451 e. The molecule has 0 amide bonds. The molecule has 8 nitrogen and oxygen atoms in total. The molecule has 1 aliphatic heterocycles. The largest absolute Gasteiger partial charge is 0.451 e. The van der Waals surface area contributed by atoms with Crippen molar-refractivity contribution in [2.45, 2.75) is 44.8 Å². The zero-order valence-corrected chi connectivity index (χ0v) is 14.9. The first-order chi connectivity index (χ1) is 12.8. The monoisotopic (exact) mass is 380 g/mol. The Morgan fingerprint density at radius 3 is 2.81 bits per heavy atom. The summed E-state index contributed by atoms with van der Waals surface area (Å²) in [4.78, 5) is 16.0. The van der Waals surface area contributed by atoms with Gasteiger partial charge in [0.1, 0.15) is 17.7 Å². The standard InChI is InChI=1S/C16H19F3N8/c1-9(2)27-8-22-25-13(27)10-4-3-5-26(6-10)14-11-12(21-7-20-11)23-15(24-14)16(17,18)19/h7-10H,3-6H2,1-2H3,(H,20,21,23,24). The molecular weight excluding hydrogens is 361 g/mol. The van der Waals surface area contributed by atoms with Crippen LogP contribution in [-0.2, 0) is 6.18 Å². The lowest BCUT2D eigenvalue weighted by Gasteiger charge is -2.33. The van der Waals surface area contributed by atoms with E-state index in [1.54, 1.807) is 6.33 Å². The van der Waals surface area contributed by atoms with Crippen LogP contribution in [0.1, 0.15) is 50.3 Å². The Morgan fingerprint density at radius 1 is 1.26 bits per heavy atom. The highest BCUT2D eigenvalue weighted by molar-refractivity contribution is 5.83. The molecule has 4 rings (SSSR count). The average Bonchev–Trinajstić information content (AvgIpc) is 3.29. The predicted molar refractivity (Wildman–Crippen MR) is 91.3 cm³/mol. The van der Waals surface area contributed by atoms with Crippen molar-refractivity contribution in [1.29, 1.82) is 0 Å². The van der Waals surface area contributed by atoms with Gasteiger partial charge in [-0.1, -0.05) is 0 Å². The number of aromatic nitrogens is 7. The summed E-state index contributed by atoms with van der Waals surface area (Å²) in [5, 5.41) is 8.26. The molecule has 0 radical (unpaired) electrons. The number of aromatic amines is 1. The van der Waals surface area contributed by atoms with E-state index in [0.717, 1.165) is 18.7 Å². The van der Waals surface area contributed by atoms with Gasteiger partial charge >= 0.3 is 6.18 Å². The number of rotatable bonds is 3. The van der Waals surface area contributed by atoms with Gasteiger partial charge in [0.15, 0.2) is 11.5 Å². The Bertz CT molecular complexity index is 945. The maximum atomic E-state index is 13.2. The highest BCUT2D eigenvalue weighted by atomic mass is 19.4. The van der Waals surface area contributed by atoms with Crippen molar-refractivity contribution in [2.24, 2.45) is 0 Å². The van der Waals surface area contributed by atoms with Crippen molar-refractivity contribution >= 4 is 17.0 Å². The Labute approximate surface area is 152 Å². The molecule has 1 aliphatic rings. The normalized spacial score (nSPS) is 18.6. The molecule has 1 fully saturated rings. The smallest absolute Gasteiger partial charge is 0.354 e. The summed E-state index contributed by atoms with van der Waals surface area (Å²) in [6, 6.07) is 0.209. The predicted octanol–water partition coefficient (Wildman–Crippen LogP) is 2.93. The molecule has 1 N–H and O–H groups in total. The SMILES string of the molecule is CC(C)n1cnnc1C1CCCN(c2nc(C(F)(F)F)nc3nc[nH]c23)C1. The Morgan fingerprint density at radius 2 is 2.07 bits per heavy atom. The van der Waals surface area contributed by atoms with Crippen molar-refractivity contribution < 1.29 is 13.2 Å². The van der Waals surface area contributed by atoms with Crippen molar-refractivity contribution in [2.75, 3.05) is 18.0 Å². The van der Waals surface area contributed by atoms with E-state index in [4.69, 9.17) is 0 Å². The summed E-state index contributed by atoms with van der Waals surface area (Å²) >= 11 is 0. The van der Waals surface area contributed by atoms with E-state index in [0.29, 0.717) is 18.6 Å². The van der Waals surface area contributed by atoms with Crippen LogP contribution in [0.2, 0.25) is 0 Å². The van der Waals surface area contributed by atoms with E-state index >= 15 is 0 Å². The van der Waals surface area contributed by atoms with Gasteiger partial charge in [0.05, 0.1) is 6.33 Å². The van der Waals surface area contributed by atoms with Crippen LogP contribution in [-0.4, -0.2) is 47.8 Å². The van der Waals surface area contributed by atoms with Crippen molar-refractivity contribution in [3.05, 3.63) is 24.3 Å². The number of piperidine rings is 1. The molecule has 4 heterocycles. The number of nitrogens with zero attached hydrogens (tertiary/aromatic N) is 7. The molecule has 0 spiro atoms. The number of alkyl halides is 3. The first kappa shape index (κ1) is 17.7. The van der Waals surface area contributed by atoms with Crippen LogP contribution >= 0.6 is 0 Å². The molecule has 0 bridgehead atoms. The zero-order valence-electron chi connectivity index (χ0n) is 14.9. The fraction of sp³-hybridized carbons (Fsp3) is 0.562. The van der Waals surface area contributed by atoms with Gasteiger partial charge in [0.25, 0.3) is 0 Å². The lowest BCUT2D eigenvalue weighted by molar-refractivity contribution is -0.144. The Hall–Kier alpha value is -2.72. The molecule has 144 valence electrons. The van der Waals surface area contributed by atoms with Crippen LogP contribution in [0, 0.1) is 0 Å². The number of imidazole rings is 1. The summed E-state index contributed by atoms with van der Waals surface area (Å²) in [7, 11) is 0. The van der Waals surface area contributed by atoms with Crippen molar-refractivity contribution in [1.82, 2.24) is 34.7 Å². The molecule has 0 aliphatic carbocycles. The van der Waals surface area contributed by atoms with Crippen LogP contribution in [0.15, 0.2) is 12.7 Å². The zero-order chi connectivity index (χ0) is 19.2. The van der Waals surface area contributed by atoms with E-state index < -0.39 is 12.0 Å². The average molecular weight is 380 g/mol.